The molecule has 26 heavy (non-hydrogen) atoms. The Kier molecular flexibility index (Phi) is 6.33. The van der Waals surface area contributed by atoms with E-state index in [9.17, 15) is 9.59 Å². The Balaban J connectivity index is 1.76. The lowest BCUT2D eigenvalue weighted by atomic mass is 10.1. The molecule has 0 atom stereocenters. The van der Waals surface area contributed by atoms with E-state index in [0.717, 1.165) is 24.1 Å². The second kappa shape index (κ2) is 8.89. The number of aliphatic carboxylic acids is 1. The Morgan fingerprint density at radius 2 is 1.96 bits per heavy atom. The molecule has 1 aromatic heterocycles. The molecule has 1 fully saturated rings. The average Bonchev–Trinajstić information content (AvgIpc) is 3.31. The van der Waals surface area contributed by atoms with E-state index in [1.807, 2.05) is 35.0 Å². The Morgan fingerprint density at radius 3 is 2.65 bits per heavy atom. The van der Waals surface area contributed by atoms with Crippen LogP contribution in [0.25, 0.3) is 11.3 Å². The summed E-state index contributed by atoms with van der Waals surface area (Å²) in [6.45, 7) is 0.430. The number of hydrogen-bond acceptors (Lipinski definition) is 4. The highest BCUT2D eigenvalue weighted by Gasteiger charge is 2.25. The number of amides is 1. The van der Waals surface area contributed by atoms with Crippen LogP contribution < -0.4 is 5.32 Å². The normalized spacial score (nSPS) is 14.5. The second-order valence-electron chi connectivity index (χ2n) is 6.36. The van der Waals surface area contributed by atoms with Crippen LogP contribution in [0.3, 0.4) is 0 Å². The molecular weight excluding hydrogens is 350 g/mol. The maximum atomic E-state index is 12.7. The number of rotatable bonds is 8. The van der Waals surface area contributed by atoms with Crippen molar-refractivity contribution in [3.63, 3.8) is 0 Å². The molecule has 0 aliphatic heterocycles. The lowest BCUT2D eigenvalue weighted by molar-refractivity contribution is -0.133. The van der Waals surface area contributed by atoms with Gasteiger partial charge in [-0.25, -0.2) is 0 Å². The lowest BCUT2D eigenvalue weighted by Gasteiger charge is -2.15. The number of nitrogens with one attached hydrogen (secondary N) is 1. The highest BCUT2D eigenvalue weighted by Crippen LogP contribution is 2.34. The van der Waals surface area contributed by atoms with Crippen molar-refractivity contribution in [3.05, 3.63) is 42.1 Å². The van der Waals surface area contributed by atoms with Crippen molar-refractivity contribution in [1.82, 2.24) is 15.1 Å². The molecule has 0 saturated heterocycles. The summed E-state index contributed by atoms with van der Waals surface area (Å²) in [7, 11) is 0. The first-order valence-corrected chi connectivity index (χ1v) is 10.0. The fourth-order valence-electron chi connectivity index (χ4n) is 3.33. The summed E-state index contributed by atoms with van der Waals surface area (Å²) >= 11 is 1.29. The van der Waals surface area contributed by atoms with Crippen molar-refractivity contribution in [2.24, 2.45) is 0 Å². The molecule has 3 rings (SSSR count). The standard InChI is InChI=1S/C19H23N3O3S/c23-17(24)13-26-11-10-20-19(25)16-12-21-22(15-8-4-5-9-15)18(16)14-6-2-1-3-7-14/h1-3,6-7,12,15H,4-5,8-11,13H2,(H,20,25)(H,23,24). The minimum absolute atomic E-state index is 0.0464. The minimum atomic E-state index is -0.842. The molecular formula is C19H23N3O3S. The molecule has 7 heteroatoms. The highest BCUT2D eigenvalue weighted by molar-refractivity contribution is 7.99. The molecule has 1 aliphatic rings. The summed E-state index contributed by atoms with van der Waals surface area (Å²) in [5, 5.41) is 16.1. The third-order valence-electron chi connectivity index (χ3n) is 4.52. The molecule has 1 aliphatic carbocycles. The number of benzene rings is 1. The van der Waals surface area contributed by atoms with Crippen molar-refractivity contribution in [3.8, 4) is 11.3 Å². The number of nitrogens with zero attached hydrogens (tertiary/aromatic N) is 2. The fourth-order valence-corrected chi connectivity index (χ4v) is 3.89. The number of carbonyl (C=O) groups is 2. The van der Waals surface area contributed by atoms with E-state index < -0.39 is 5.97 Å². The van der Waals surface area contributed by atoms with Gasteiger partial charge in [0.15, 0.2) is 0 Å². The van der Waals surface area contributed by atoms with E-state index >= 15 is 0 Å². The summed E-state index contributed by atoms with van der Waals surface area (Å²) in [5.41, 5.74) is 2.43. The van der Waals surface area contributed by atoms with Crippen LogP contribution in [0.15, 0.2) is 36.5 Å². The number of aromatic nitrogens is 2. The molecule has 0 radical (unpaired) electrons. The van der Waals surface area contributed by atoms with E-state index in [2.05, 4.69) is 10.4 Å². The molecule has 1 saturated carbocycles. The Hall–Kier alpha value is -2.28. The minimum Gasteiger partial charge on any atom is -0.481 e. The average molecular weight is 373 g/mol. The summed E-state index contributed by atoms with van der Waals surface area (Å²) in [6.07, 6.45) is 6.23. The van der Waals surface area contributed by atoms with Crippen molar-refractivity contribution >= 4 is 23.6 Å². The van der Waals surface area contributed by atoms with E-state index in [0.29, 0.717) is 23.9 Å². The first kappa shape index (κ1) is 18.5. The molecule has 1 amide bonds. The molecule has 2 N–H and O–H groups in total. The summed E-state index contributed by atoms with van der Waals surface area (Å²) < 4.78 is 2.01. The maximum absolute atomic E-state index is 12.7. The van der Waals surface area contributed by atoms with E-state index in [-0.39, 0.29) is 11.7 Å². The molecule has 0 spiro atoms. The monoisotopic (exact) mass is 373 g/mol. The number of carbonyl (C=O) groups excluding carboxylic acids is 1. The van der Waals surface area contributed by atoms with Crippen molar-refractivity contribution in [1.29, 1.82) is 0 Å². The van der Waals surface area contributed by atoms with Gasteiger partial charge in [-0.05, 0) is 12.8 Å². The van der Waals surface area contributed by atoms with Crippen molar-refractivity contribution in [2.45, 2.75) is 31.7 Å². The number of hydrogen-bond donors (Lipinski definition) is 2. The van der Waals surface area contributed by atoms with Crippen LogP contribution in [0, 0.1) is 0 Å². The maximum Gasteiger partial charge on any atom is 0.313 e. The largest absolute Gasteiger partial charge is 0.481 e. The molecule has 0 unspecified atom stereocenters. The molecule has 138 valence electrons. The van der Waals surface area contributed by atoms with Gasteiger partial charge in [0.25, 0.3) is 5.91 Å². The van der Waals surface area contributed by atoms with Gasteiger partial charge in [-0.3, -0.25) is 14.3 Å². The number of carboxylic acids is 1. The van der Waals surface area contributed by atoms with Crippen LogP contribution in [0.5, 0.6) is 0 Å². The van der Waals surface area contributed by atoms with Crippen LogP contribution >= 0.6 is 11.8 Å². The number of carboxylic acid groups (broad SMARTS) is 1. The SMILES string of the molecule is O=C(O)CSCCNC(=O)c1cnn(C2CCCC2)c1-c1ccccc1. The summed E-state index contributed by atoms with van der Waals surface area (Å²) in [4.78, 5) is 23.2. The van der Waals surface area contributed by atoms with Crippen LogP contribution in [-0.2, 0) is 4.79 Å². The van der Waals surface area contributed by atoms with Gasteiger partial charge in [0.2, 0.25) is 0 Å². The number of thioether (sulfide) groups is 1. The summed E-state index contributed by atoms with van der Waals surface area (Å²) in [6, 6.07) is 10.2. The van der Waals surface area contributed by atoms with Crippen LogP contribution in [0.2, 0.25) is 0 Å². The third kappa shape index (κ3) is 4.46. The smallest absolute Gasteiger partial charge is 0.313 e. The Morgan fingerprint density at radius 1 is 1.23 bits per heavy atom. The van der Waals surface area contributed by atoms with Gasteiger partial charge in [0, 0.05) is 17.9 Å². The molecule has 1 heterocycles. The third-order valence-corrected chi connectivity index (χ3v) is 5.46. The van der Waals surface area contributed by atoms with E-state index in [1.165, 1.54) is 24.6 Å². The lowest BCUT2D eigenvalue weighted by Crippen LogP contribution is -2.26. The van der Waals surface area contributed by atoms with Gasteiger partial charge >= 0.3 is 5.97 Å². The zero-order chi connectivity index (χ0) is 18.4. The first-order valence-electron chi connectivity index (χ1n) is 8.87. The van der Waals surface area contributed by atoms with Crippen LogP contribution in [-0.4, -0.2) is 44.8 Å². The van der Waals surface area contributed by atoms with E-state index in [1.54, 1.807) is 6.20 Å². The first-order chi connectivity index (χ1) is 12.7. The van der Waals surface area contributed by atoms with Crippen molar-refractivity contribution in [2.75, 3.05) is 18.1 Å². The fraction of sp³-hybridized carbons (Fsp3) is 0.421. The quantitative estimate of drug-likeness (QED) is 0.694. The van der Waals surface area contributed by atoms with E-state index in [4.69, 9.17) is 5.11 Å². The van der Waals surface area contributed by atoms with Gasteiger partial charge in [0.05, 0.1) is 29.2 Å². The molecule has 1 aromatic carbocycles. The zero-order valence-electron chi connectivity index (χ0n) is 14.6. The Labute approximate surface area is 157 Å². The zero-order valence-corrected chi connectivity index (χ0v) is 15.4. The molecule has 0 bridgehead atoms. The molecule has 2 aromatic rings. The van der Waals surface area contributed by atoms with Gasteiger partial charge in [-0.15, -0.1) is 11.8 Å². The highest BCUT2D eigenvalue weighted by atomic mass is 32.2. The summed E-state index contributed by atoms with van der Waals surface area (Å²) in [5.74, 6) is -0.394. The van der Waals surface area contributed by atoms with Gasteiger partial charge in [-0.1, -0.05) is 43.2 Å². The Bertz CT molecular complexity index is 755. The predicted octanol–water partition coefficient (Wildman–Crippen LogP) is 3.21. The molecule has 6 nitrogen and oxygen atoms in total. The van der Waals surface area contributed by atoms with Gasteiger partial charge in [-0.2, -0.15) is 5.10 Å². The topological polar surface area (TPSA) is 84.2 Å². The van der Waals surface area contributed by atoms with Gasteiger partial charge < -0.3 is 10.4 Å². The van der Waals surface area contributed by atoms with Crippen molar-refractivity contribution < 1.29 is 14.7 Å². The van der Waals surface area contributed by atoms with Crippen LogP contribution in [0.1, 0.15) is 42.1 Å². The predicted molar refractivity (Wildman–Crippen MR) is 102 cm³/mol. The second-order valence-corrected chi connectivity index (χ2v) is 7.46. The van der Waals surface area contributed by atoms with Crippen LogP contribution in [0.4, 0.5) is 0 Å². The van der Waals surface area contributed by atoms with Gasteiger partial charge in [0.1, 0.15) is 0 Å².